The van der Waals surface area contributed by atoms with E-state index in [9.17, 15) is 4.79 Å². The van der Waals surface area contributed by atoms with Gasteiger partial charge in [0.05, 0.1) is 18.2 Å². The molecule has 0 saturated carbocycles. The Bertz CT molecular complexity index is 738. The number of ether oxygens (including phenoxy) is 1. The first kappa shape index (κ1) is 15.2. The average molecular weight is 325 g/mol. The largest absolute Gasteiger partial charge is 0.492 e. The fourth-order valence-electron chi connectivity index (χ4n) is 3.68. The zero-order valence-corrected chi connectivity index (χ0v) is 13.8. The first-order chi connectivity index (χ1) is 11.8. The molecular formula is C19H23N3O2. The number of rotatable bonds is 3. The van der Waals surface area contributed by atoms with Crippen molar-refractivity contribution in [3.05, 3.63) is 46.8 Å². The van der Waals surface area contributed by atoms with Crippen LogP contribution in [0.1, 0.15) is 41.8 Å². The lowest BCUT2D eigenvalue weighted by atomic mass is 9.96. The van der Waals surface area contributed by atoms with Crippen LogP contribution in [-0.2, 0) is 30.6 Å². The third-order valence-electron chi connectivity index (χ3n) is 5.07. The van der Waals surface area contributed by atoms with Crippen LogP contribution >= 0.6 is 0 Å². The van der Waals surface area contributed by atoms with Crippen LogP contribution in [0.25, 0.3) is 0 Å². The molecule has 0 spiro atoms. The number of carbonyl (C=O) groups is 1. The van der Waals surface area contributed by atoms with Gasteiger partial charge in [0.15, 0.2) is 0 Å². The zero-order chi connectivity index (χ0) is 16.4. The van der Waals surface area contributed by atoms with Crippen LogP contribution in [0.2, 0.25) is 0 Å². The SMILES string of the molecule is O=C(NCc1n[nH]c2c1CCCCC2)[C@H]1COc2ccccc2C1. The Balaban J connectivity index is 1.38. The van der Waals surface area contributed by atoms with Crippen molar-refractivity contribution < 1.29 is 9.53 Å². The first-order valence-electron chi connectivity index (χ1n) is 8.84. The lowest BCUT2D eigenvalue weighted by Crippen LogP contribution is -2.37. The van der Waals surface area contributed by atoms with Crippen molar-refractivity contribution in [3.63, 3.8) is 0 Å². The number of carbonyl (C=O) groups excluding carboxylic acids is 1. The molecule has 5 heteroatoms. The van der Waals surface area contributed by atoms with Gasteiger partial charge in [-0.3, -0.25) is 9.89 Å². The molecule has 4 rings (SSSR count). The van der Waals surface area contributed by atoms with Crippen LogP contribution in [0.4, 0.5) is 0 Å². The topological polar surface area (TPSA) is 67.0 Å². The quantitative estimate of drug-likeness (QED) is 0.852. The summed E-state index contributed by atoms with van der Waals surface area (Å²) in [4.78, 5) is 12.5. The van der Waals surface area contributed by atoms with Gasteiger partial charge in [-0.05, 0) is 49.3 Å². The van der Waals surface area contributed by atoms with E-state index in [2.05, 4.69) is 15.5 Å². The van der Waals surface area contributed by atoms with Crippen molar-refractivity contribution in [2.24, 2.45) is 5.92 Å². The molecule has 0 bridgehead atoms. The van der Waals surface area contributed by atoms with Crippen molar-refractivity contribution in [1.82, 2.24) is 15.5 Å². The van der Waals surface area contributed by atoms with E-state index in [-0.39, 0.29) is 11.8 Å². The molecule has 1 aromatic heterocycles. The number of nitrogens with one attached hydrogen (secondary N) is 2. The van der Waals surface area contributed by atoms with Crippen LogP contribution < -0.4 is 10.1 Å². The maximum Gasteiger partial charge on any atom is 0.227 e. The van der Waals surface area contributed by atoms with E-state index < -0.39 is 0 Å². The van der Waals surface area contributed by atoms with Gasteiger partial charge in [-0.25, -0.2) is 0 Å². The molecule has 1 aliphatic carbocycles. The fourth-order valence-corrected chi connectivity index (χ4v) is 3.68. The van der Waals surface area contributed by atoms with Crippen molar-refractivity contribution >= 4 is 5.91 Å². The predicted molar refractivity (Wildman–Crippen MR) is 90.8 cm³/mol. The summed E-state index contributed by atoms with van der Waals surface area (Å²) in [5.41, 5.74) is 4.68. The molecule has 1 aliphatic heterocycles. The molecule has 1 aromatic carbocycles. The highest BCUT2D eigenvalue weighted by Crippen LogP contribution is 2.27. The van der Waals surface area contributed by atoms with Crippen molar-refractivity contribution in [1.29, 1.82) is 0 Å². The summed E-state index contributed by atoms with van der Waals surface area (Å²) in [5.74, 6) is 0.825. The van der Waals surface area contributed by atoms with Crippen molar-refractivity contribution in [3.8, 4) is 5.75 Å². The molecule has 0 radical (unpaired) electrons. The van der Waals surface area contributed by atoms with Gasteiger partial charge in [0.25, 0.3) is 0 Å². The lowest BCUT2D eigenvalue weighted by Gasteiger charge is -2.24. The second kappa shape index (κ2) is 6.67. The van der Waals surface area contributed by atoms with E-state index >= 15 is 0 Å². The highest BCUT2D eigenvalue weighted by molar-refractivity contribution is 5.79. The number of benzene rings is 1. The van der Waals surface area contributed by atoms with Crippen molar-refractivity contribution in [2.75, 3.05) is 6.61 Å². The molecule has 2 heterocycles. The molecule has 126 valence electrons. The minimum absolute atomic E-state index is 0.0508. The average Bonchev–Trinajstić information content (AvgIpc) is 2.85. The van der Waals surface area contributed by atoms with Gasteiger partial charge in [0.1, 0.15) is 12.4 Å². The van der Waals surface area contributed by atoms with Crippen LogP contribution in [0.15, 0.2) is 24.3 Å². The third kappa shape index (κ3) is 3.03. The summed E-state index contributed by atoms with van der Waals surface area (Å²) in [7, 11) is 0. The monoisotopic (exact) mass is 325 g/mol. The van der Waals surface area contributed by atoms with E-state index in [4.69, 9.17) is 4.74 Å². The number of nitrogens with zero attached hydrogens (tertiary/aromatic N) is 1. The normalized spacial score (nSPS) is 19.6. The molecule has 2 aliphatic rings. The van der Waals surface area contributed by atoms with E-state index in [0.29, 0.717) is 13.2 Å². The second-order valence-electron chi connectivity index (χ2n) is 6.73. The van der Waals surface area contributed by atoms with E-state index in [1.807, 2.05) is 24.3 Å². The van der Waals surface area contributed by atoms with Crippen LogP contribution in [-0.4, -0.2) is 22.7 Å². The number of aromatic nitrogens is 2. The van der Waals surface area contributed by atoms with Gasteiger partial charge >= 0.3 is 0 Å². The minimum atomic E-state index is -0.127. The molecule has 2 aromatic rings. The highest BCUT2D eigenvalue weighted by Gasteiger charge is 2.26. The van der Waals surface area contributed by atoms with Gasteiger partial charge in [0.2, 0.25) is 5.91 Å². The van der Waals surface area contributed by atoms with Crippen LogP contribution in [0.5, 0.6) is 5.75 Å². The van der Waals surface area contributed by atoms with Gasteiger partial charge in [0, 0.05) is 5.69 Å². The molecule has 1 amide bonds. The lowest BCUT2D eigenvalue weighted by molar-refractivity contribution is -0.126. The summed E-state index contributed by atoms with van der Waals surface area (Å²) < 4.78 is 5.72. The standard InChI is InChI=1S/C19H23N3O2/c23-19(14-10-13-6-4-5-9-18(13)24-12-14)20-11-17-15-7-2-1-3-8-16(15)21-22-17/h4-6,9,14H,1-3,7-8,10-12H2,(H,20,23)(H,21,22)/t14-/m1/s1. The number of aromatic amines is 1. The van der Waals surface area contributed by atoms with E-state index in [1.54, 1.807) is 0 Å². The maximum atomic E-state index is 12.5. The number of para-hydroxylation sites is 1. The molecule has 1 atom stereocenters. The Morgan fingerprint density at radius 3 is 3.08 bits per heavy atom. The molecule has 0 saturated heterocycles. The Morgan fingerprint density at radius 1 is 1.25 bits per heavy atom. The van der Waals surface area contributed by atoms with E-state index in [0.717, 1.165) is 36.3 Å². The second-order valence-corrected chi connectivity index (χ2v) is 6.73. The van der Waals surface area contributed by atoms with Crippen LogP contribution in [0.3, 0.4) is 0 Å². The number of hydrogen-bond acceptors (Lipinski definition) is 3. The molecule has 2 N–H and O–H groups in total. The number of amides is 1. The summed E-state index contributed by atoms with van der Waals surface area (Å²) >= 11 is 0. The molecule has 0 unspecified atom stereocenters. The predicted octanol–water partition coefficient (Wildman–Crippen LogP) is 2.55. The number of hydrogen-bond donors (Lipinski definition) is 2. The highest BCUT2D eigenvalue weighted by atomic mass is 16.5. The first-order valence-corrected chi connectivity index (χ1v) is 8.84. The summed E-state index contributed by atoms with van der Waals surface area (Å²) in [6.45, 7) is 0.949. The molecular weight excluding hydrogens is 302 g/mol. The van der Waals surface area contributed by atoms with Gasteiger partial charge in [-0.1, -0.05) is 24.6 Å². The maximum absolute atomic E-state index is 12.5. The van der Waals surface area contributed by atoms with Gasteiger partial charge in [-0.15, -0.1) is 0 Å². The number of aryl methyl sites for hydroxylation is 1. The number of H-pyrrole nitrogens is 1. The molecule has 0 fully saturated rings. The summed E-state index contributed by atoms with van der Waals surface area (Å²) in [5, 5.41) is 10.6. The Kier molecular flexibility index (Phi) is 4.24. The Hall–Kier alpha value is -2.30. The smallest absolute Gasteiger partial charge is 0.227 e. The summed E-state index contributed by atoms with van der Waals surface area (Å²) in [6, 6.07) is 7.94. The third-order valence-corrected chi connectivity index (χ3v) is 5.07. The van der Waals surface area contributed by atoms with E-state index in [1.165, 1.54) is 30.5 Å². The number of fused-ring (bicyclic) bond motifs is 2. The van der Waals surface area contributed by atoms with Gasteiger partial charge in [-0.2, -0.15) is 5.10 Å². The van der Waals surface area contributed by atoms with Crippen LogP contribution in [0, 0.1) is 5.92 Å². The molecule has 5 nitrogen and oxygen atoms in total. The minimum Gasteiger partial charge on any atom is -0.492 e. The van der Waals surface area contributed by atoms with Crippen molar-refractivity contribution in [2.45, 2.75) is 45.1 Å². The fraction of sp³-hybridized carbons (Fsp3) is 0.474. The summed E-state index contributed by atoms with van der Waals surface area (Å²) in [6.07, 6.45) is 6.58. The molecule has 24 heavy (non-hydrogen) atoms. The zero-order valence-electron chi connectivity index (χ0n) is 13.8. The Labute approximate surface area is 141 Å². The Morgan fingerprint density at radius 2 is 2.12 bits per heavy atom. The van der Waals surface area contributed by atoms with Gasteiger partial charge < -0.3 is 10.1 Å².